The van der Waals surface area contributed by atoms with Crippen LogP contribution in [-0.2, 0) is 23.1 Å². The van der Waals surface area contributed by atoms with Gasteiger partial charge in [0.15, 0.2) is 0 Å². The van der Waals surface area contributed by atoms with Crippen LogP contribution >= 0.6 is 7.82 Å². The maximum Gasteiger partial charge on any atom is 0.306 e. The Labute approximate surface area is 212 Å². The van der Waals surface area contributed by atoms with Crippen molar-refractivity contribution < 1.29 is 37.6 Å². The quantitative estimate of drug-likeness (QED) is 0.0730. The van der Waals surface area contributed by atoms with Crippen LogP contribution in [0.15, 0.2) is 36.5 Å². The van der Waals surface area contributed by atoms with Gasteiger partial charge >= 0.3 is 5.97 Å². The monoisotopic (exact) mass is 517 g/mol. The van der Waals surface area contributed by atoms with Gasteiger partial charge in [0.25, 0.3) is 7.82 Å². The SMILES string of the molecule is CCCCC/C=C\C/C=C\C/C=C\CCCCC(=O)O[C@@H](CO)COP(=O)([O-])OCC[N+](C)(C)C. The summed E-state index contributed by atoms with van der Waals surface area (Å²) in [5.41, 5.74) is 0. The van der Waals surface area contributed by atoms with E-state index in [1.54, 1.807) is 0 Å². The summed E-state index contributed by atoms with van der Waals surface area (Å²) in [6.07, 6.45) is 21.4. The number of nitrogens with zero attached hydrogens (tertiary/aromatic N) is 1. The fraction of sp³-hybridized carbons (Fsp3) is 0.731. The number of phosphoric ester groups is 1. The van der Waals surface area contributed by atoms with E-state index in [4.69, 9.17) is 13.8 Å². The second-order valence-corrected chi connectivity index (χ2v) is 10.9. The zero-order valence-electron chi connectivity index (χ0n) is 22.2. The number of allylic oxidation sites excluding steroid dienone is 6. The number of rotatable bonds is 22. The first kappa shape index (κ1) is 33.7. The van der Waals surface area contributed by atoms with Crippen molar-refractivity contribution in [2.24, 2.45) is 0 Å². The molecule has 0 bridgehead atoms. The van der Waals surface area contributed by atoms with Crippen LogP contribution < -0.4 is 4.89 Å². The summed E-state index contributed by atoms with van der Waals surface area (Å²) in [6, 6.07) is 0. The topological polar surface area (TPSA) is 105 Å². The minimum atomic E-state index is -4.52. The van der Waals surface area contributed by atoms with Crippen molar-refractivity contribution in [3.63, 3.8) is 0 Å². The van der Waals surface area contributed by atoms with Crippen molar-refractivity contribution >= 4 is 13.8 Å². The number of carbonyl (C=O) groups excluding carboxylic acids is 1. The molecule has 8 nitrogen and oxygen atoms in total. The number of unbranched alkanes of at least 4 members (excludes halogenated alkanes) is 5. The molecule has 1 N–H and O–H groups in total. The maximum absolute atomic E-state index is 12.0. The van der Waals surface area contributed by atoms with Gasteiger partial charge < -0.3 is 28.3 Å². The molecule has 0 aliphatic rings. The molecular weight excluding hydrogens is 469 g/mol. The van der Waals surface area contributed by atoms with Crippen LogP contribution in [0.2, 0.25) is 0 Å². The summed E-state index contributed by atoms with van der Waals surface area (Å²) in [7, 11) is 1.20. The fourth-order valence-electron chi connectivity index (χ4n) is 2.83. The number of esters is 1. The van der Waals surface area contributed by atoms with E-state index in [0.29, 0.717) is 17.4 Å². The Hall–Kier alpha value is -1.28. The zero-order chi connectivity index (χ0) is 26.4. The molecule has 204 valence electrons. The van der Waals surface area contributed by atoms with E-state index in [1.807, 2.05) is 21.1 Å². The minimum absolute atomic E-state index is 0.0187. The standard InChI is InChI=1S/C26H48NO7P/c1-5-6-7-8-9-10-11-12-13-14-15-16-17-18-19-20-26(29)34-25(23-28)24-33-35(30,31)32-22-21-27(2,3)4/h9-10,12-13,15-16,25,28H,5-8,11,14,17-24H2,1-4H3/b10-9-,13-12-,16-15-/t25-/m0/s1. The summed E-state index contributed by atoms with van der Waals surface area (Å²) < 4.78 is 27.0. The highest BCUT2D eigenvalue weighted by Crippen LogP contribution is 2.38. The Kier molecular flexibility index (Phi) is 20.1. The Morgan fingerprint density at radius 2 is 1.51 bits per heavy atom. The molecule has 0 aromatic rings. The average molecular weight is 518 g/mol. The van der Waals surface area contributed by atoms with Crippen molar-refractivity contribution in [3.8, 4) is 0 Å². The van der Waals surface area contributed by atoms with E-state index in [1.165, 1.54) is 19.3 Å². The Morgan fingerprint density at radius 3 is 2.06 bits per heavy atom. The molecule has 9 heteroatoms. The number of phosphoric acid groups is 1. The third-order valence-electron chi connectivity index (χ3n) is 4.95. The van der Waals surface area contributed by atoms with Gasteiger partial charge in [0, 0.05) is 6.42 Å². The zero-order valence-corrected chi connectivity index (χ0v) is 23.1. The molecule has 0 rings (SSSR count). The van der Waals surface area contributed by atoms with Crippen LogP contribution in [0.1, 0.15) is 71.1 Å². The van der Waals surface area contributed by atoms with E-state index < -0.39 is 33.1 Å². The van der Waals surface area contributed by atoms with E-state index in [2.05, 4.69) is 43.4 Å². The van der Waals surface area contributed by atoms with Crippen LogP contribution in [0.4, 0.5) is 0 Å². The summed E-state index contributed by atoms with van der Waals surface area (Å²) in [6.45, 7) is 1.67. The Morgan fingerprint density at radius 1 is 0.943 bits per heavy atom. The maximum atomic E-state index is 12.0. The van der Waals surface area contributed by atoms with Gasteiger partial charge in [-0.05, 0) is 44.9 Å². The van der Waals surface area contributed by atoms with Crippen LogP contribution in [0.25, 0.3) is 0 Å². The van der Waals surface area contributed by atoms with Gasteiger partial charge in [0.2, 0.25) is 0 Å². The molecule has 0 saturated carbocycles. The largest absolute Gasteiger partial charge is 0.756 e. The summed E-state index contributed by atoms with van der Waals surface area (Å²) in [4.78, 5) is 23.7. The second kappa shape index (κ2) is 20.9. The first-order valence-corrected chi connectivity index (χ1v) is 14.2. The van der Waals surface area contributed by atoms with Gasteiger partial charge in [-0.15, -0.1) is 0 Å². The Balaban J connectivity index is 3.90. The predicted molar refractivity (Wildman–Crippen MR) is 139 cm³/mol. The highest BCUT2D eigenvalue weighted by Gasteiger charge is 2.19. The number of likely N-dealkylation sites (N-methyl/N-ethyl adjacent to an activating group) is 1. The number of hydrogen-bond acceptors (Lipinski definition) is 7. The molecule has 35 heavy (non-hydrogen) atoms. The third kappa shape index (κ3) is 24.2. The number of quaternary nitrogens is 1. The minimum Gasteiger partial charge on any atom is -0.756 e. The van der Waals surface area contributed by atoms with Crippen LogP contribution in [-0.4, -0.2) is 69.2 Å². The molecular formula is C26H48NO7P. The predicted octanol–water partition coefficient (Wildman–Crippen LogP) is 4.69. The van der Waals surface area contributed by atoms with E-state index in [9.17, 15) is 19.4 Å². The molecule has 0 spiro atoms. The van der Waals surface area contributed by atoms with Crippen molar-refractivity contribution in [2.45, 2.75) is 77.2 Å². The van der Waals surface area contributed by atoms with Crippen LogP contribution in [0.3, 0.4) is 0 Å². The Bertz CT molecular complexity index is 671. The van der Waals surface area contributed by atoms with Gasteiger partial charge in [0.05, 0.1) is 34.4 Å². The van der Waals surface area contributed by atoms with E-state index >= 15 is 0 Å². The van der Waals surface area contributed by atoms with Crippen molar-refractivity contribution in [3.05, 3.63) is 36.5 Å². The highest BCUT2D eigenvalue weighted by molar-refractivity contribution is 7.45. The number of hydrogen-bond donors (Lipinski definition) is 1. The molecule has 0 aliphatic carbocycles. The highest BCUT2D eigenvalue weighted by atomic mass is 31.2. The van der Waals surface area contributed by atoms with E-state index in [-0.39, 0.29) is 13.0 Å². The van der Waals surface area contributed by atoms with E-state index in [0.717, 1.165) is 32.1 Å². The normalized spacial score (nSPS) is 15.3. The molecule has 0 radical (unpaired) electrons. The molecule has 1 unspecified atom stereocenters. The molecule has 0 fully saturated rings. The van der Waals surface area contributed by atoms with Gasteiger partial charge in [0.1, 0.15) is 19.3 Å². The molecule has 0 aromatic heterocycles. The van der Waals surface area contributed by atoms with Crippen molar-refractivity contribution in [1.29, 1.82) is 0 Å². The smallest absolute Gasteiger partial charge is 0.306 e. The number of carbonyl (C=O) groups is 1. The lowest BCUT2D eigenvalue weighted by Crippen LogP contribution is -2.37. The van der Waals surface area contributed by atoms with Crippen molar-refractivity contribution in [1.82, 2.24) is 0 Å². The van der Waals surface area contributed by atoms with Crippen LogP contribution in [0, 0.1) is 0 Å². The average Bonchev–Trinajstić information content (AvgIpc) is 2.78. The van der Waals surface area contributed by atoms with Gasteiger partial charge in [-0.2, -0.15) is 0 Å². The lowest BCUT2D eigenvalue weighted by atomic mass is 10.1. The van der Waals surface area contributed by atoms with Crippen LogP contribution in [0.5, 0.6) is 0 Å². The van der Waals surface area contributed by atoms with Crippen molar-refractivity contribution in [2.75, 3.05) is 47.5 Å². The van der Waals surface area contributed by atoms with Gasteiger partial charge in [-0.3, -0.25) is 9.36 Å². The molecule has 0 heterocycles. The second-order valence-electron chi connectivity index (χ2n) is 9.51. The molecule has 0 saturated heterocycles. The molecule has 0 aromatic carbocycles. The van der Waals surface area contributed by atoms with Gasteiger partial charge in [-0.1, -0.05) is 56.2 Å². The first-order valence-electron chi connectivity index (χ1n) is 12.8. The summed E-state index contributed by atoms with van der Waals surface area (Å²) in [5, 5.41) is 9.35. The lowest BCUT2D eigenvalue weighted by molar-refractivity contribution is -0.870. The lowest BCUT2D eigenvalue weighted by Gasteiger charge is -2.28. The summed E-state index contributed by atoms with van der Waals surface area (Å²) >= 11 is 0. The van der Waals surface area contributed by atoms with Gasteiger partial charge in [-0.25, -0.2) is 0 Å². The molecule has 0 aliphatic heterocycles. The third-order valence-corrected chi connectivity index (χ3v) is 5.92. The summed E-state index contributed by atoms with van der Waals surface area (Å²) in [5.74, 6) is -0.492. The number of aliphatic hydroxyl groups excluding tert-OH is 1. The number of ether oxygens (including phenoxy) is 1. The molecule has 0 amide bonds. The molecule has 2 atom stereocenters. The fourth-order valence-corrected chi connectivity index (χ4v) is 3.56. The first-order chi connectivity index (χ1) is 16.6. The number of aliphatic hydroxyl groups is 1.